The van der Waals surface area contributed by atoms with E-state index in [1.165, 1.54) is 0 Å². The van der Waals surface area contributed by atoms with Crippen LogP contribution in [0.15, 0.2) is 10.6 Å². The van der Waals surface area contributed by atoms with Crippen LogP contribution in [-0.2, 0) is 9.53 Å². The average Bonchev–Trinajstić information content (AvgIpc) is 3.14. The van der Waals surface area contributed by atoms with E-state index in [-0.39, 0.29) is 29.4 Å². The highest BCUT2D eigenvalue weighted by atomic mass is 16.5. The number of carbonyl (C=O) groups is 2. The van der Waals surface area contributed by atoms with Crippen molar-refractivity contribution >= 4 is 11.8 Å². The fourth-order valence-electron chi connectivity index (χ4n) is 3.40. The Morgan fingerprint density at radius 1 is 1.38 bits per heavy atom. The van der Waals surface area contributed by atoms with Crippen molar-refractivity contribution in [1.82, 2.24) is 15.4 Å². The van der Waals surface area contributed by atoms with Gasteiger partial charge in [0.2, 0.25) is 5.91 Å². The van der Waals surface area contributed by atoms with Crippen molar-refractivity contribution in [3.8, 4) is 0 Å². The number of hydrogen-bond acceptors (Lipinski definition) is 5. The zero-order chi connectivity index (χ0) is 17.3. The van der Waals surface area contributed by atoms with Crippen LogP contribution in [0.2, 0.25) is 0 Å². The largest absolute Gasteiger partial charge is 0.373 e. The van der Waals surface area contributed by atoms with E-state index >= 15 is 0 Å². The lowest BCUT2D eigenvalue weighted by Crippen LogP contribution is -2.47. The van der Waals surface area contributed by atoms with E-state index in [1.54, 1.807) is 17.9 Å². The first-order valence-electron chi connectivity index (χ1n) is 8.55. The molecule has 2 fully saturated rings. The minimum atomic E-state index is -0.217. The van der Waals surface area contributed by atoms with Crippen molar-refractivity contribution in [2.45, 2.75) is 51.7 Å². The number of nitrogens with one attached hydrogen (secondary N) is 1. The second-order valence-corrected chi connectivity index (χ2v) is 7.17. The molecule has 0 bridgehead atoms. The number of likely N-dealkylation sites (tertiary alicyclic amines) is 1. The monoisotopic (exact) mass is 335 g/mol. The third kappa shape index (κ3) is 3.45. The van der Waals surface area contributed by atoms with E-state index in [1.807, 2.05) is 13.8 Å². The molecule has 1 atom stereocenters. The van der Waals surface area contributed by atoms with E-state index in [9.17, 15) is 9.59 Å². The van der Waals surface area contributed by atoms with Gasteiger partial charge in [-0.2, -0.15) is 0 Å². The molecule has 1 spiro atoms. The van der Waals surface area contributed by atoms with Crippen molar-refractivity contribution in [3.63, 3.8) is 0 Å². The van der Waals surface area contributed by atoms with E-state index in [0.29, 0.717) is 31.2 Å². The summed E-state index contributed by atoms with van der Waals surface area (Å²) in [6.07, 6.45) is 2.38. The Bertz CT molecular complexity index is 617. The molecule has 0 aliphatic carbocycles. The molecule has 2 amide bonds. The summed E-state index contributed by atoms with van der Waals surface area (Å²) in [6.45, 7) is 7.36. The molecular formula is C17H25N3O4. The van der Waals surface area contributed by atoms with Gasteiger partial charge >= 0.3 is 0 Å². The molecule has 24 heavy (non-hydrogen) atoms. The topological polar surface area (TPSA) is 84.7 Å². The molecular weight excluding hydrogens is 310 g/mol. The number of piperidine rings is 1. The second kappa shape index (κ2) is 6.55. The van der Waals surface area contributed by atoms with Gasteiger partial charge in [0.15, 0.2) is 5.69 Å². The molecule has 2 aliphatic rings. The van der Waals surface area contributed by atoms with Gasteiger partial charge in [0.25, 0.3) is 5.91 Å². The van der Waals surface area contributed by atoms with Crippen molar-refractivity contribution in [2.24, 2.45) is 5.92 Å². The zero-order valence-electron chi connectivity index (χ0n) is 14.5. The number of aryl methyl sites for hydroxylation is 1. The Balaban J connectivity index is 1.53. The average molecular weight is 335 g/mol. The second-order valence-electron chi connectivity index (χ2n) is 7.17. The van der Waals surface area contributed by atoms with Gasteiger partial charge in [0.1, 0.15) is 5.76 Å². The smallest absolute Gasteiger partial charge is 0.276 e. The van der Waals surface area contributed by atoms with Crippen molar-refractivity contribution in [2.75, 3.05) is 19.7 Å². The van der Waals surface area contributed by atoms with Gasteiger partial charge in [-0.15, -0.1) is 0 Å². The van der Waals surface area contributed by atoms with Crippen molar-refractivity contribution < 1.29 is 18.8 Å². The number of aromatic nitrogens is 1. The van der Waals surface area contributed by atoms with Crippen LogP contribution in [0.3, 0.4) is 0 Å². The predicted molar refractivity (Wildman–Crippen MR) is 86.4 cm³/mol. The van der Waals surface area contributed by atoms with Crippen LogP contribution in [0.1, 0.15) is 49.4 Å². The molecule has 3 heterocycles. The molecule has 0 radical (unpaired) electrons. The lowest BCUT2D eigenvalue weighted by atomic mass is 9.87. The van der Waals surface area contributed by atoms with Crippen LogP contribution in [0.4, 0.5) is 0 Å². The molecule has 1 aromatic heterocycles. The van der Waals surface area contributed by atoms with E-state index in [4.69, 9.17) is 9.26 Å². The molecule has 3 rings (SSSR count). The van der Waals surface area contributed by atoms with Gasteiger partial charge in [-0.25, -0.2) is 0 Å². The normalized spacial score (nSPS) is 23.0. The van der Waals surface area contributed by atoms with Gasteiger partial charge in [0.05, 0.1) is 18.2 Å². The zero-order valence-corrected chi connectivity index (χ0v) is 14.5. The van der Waals surface area contributed by atoms with Gasteiger partial charge < -0.3 is 19.5 Å². The van der Waals surface area contributed by atoms with Crippen molar-refractivity contribution in [3.05, 3.63) is 17.5 Å². The summed E-state index contributed by atoms with van der Waals surface area (Å²) < 4.78 is 11.0. The number of nitrogens with zero attached hydrogens (tertiary/aromatic N) is 2. The Hall–Kier alpha value is -1.89. The number of hydrogen-bond donors (Lipinski definition) is 1. The Kier molecular flexibility index (Phi) is 4.62. The Morgan fingerprint density at radius 3 is 2.67 bits per heavy atom. The quantitative estimate of drug-likeness (QED) is 0.905. The van der Waals surface area contributed by atoms with Crippen molar-refractivity contribution in [1.29, 1.82) is 0 Å². The molecule has 1 aromatic rings. The highest BCUT2D eigenvalue weighted by Crippen LogP contribution is 2.36. The Morgan fingerprint density at radius 2 is 2.08 bits per heavy atom. The predicted octanol–water partition coefficient (Wildman–Crippen LogP) is 1.52. The molecule has 2 aliphatic heterocycles. The van der Waals surface area contributed by atoms with E-state index < -0.39 is 0 Å². The molecule has 0 unspecified atom stereocenters. The lowest BCUT2D eigenvalue weighted by Gasteiger charge is -2.38. The number of rotatable bonds is 3. The maximum atomic E-state index is 12.4. The van der Waals surface area contributed by atoms with Crippen LogP contribution >= 0.6 is 0 Å². The number of ether oxygens (including phenoxy) is 1. The first-order chi connectivity index (χ1) is 11.4. The van der Waals surface area contributed by atoms with Gasteiger partial charge in [0, 0.05) is 25.1 Å². The number of carbonyl (C=O) groups excluding carboxylic acids is 2. The van der Waals surface area contributed by atoms with Crippen LogP contribution in [0.5, 0.6) is 0 Å². The summed E-state index contributed by atoms with van der Waals surface area (Å²) >= 11 is 0. The maximum absolute atomic E-state index is 12.4. The first-order valence-corrected chi connectivity index (χ1v) is 8.55. The molecule has 7 heteroatoms. The standard InChI is InChI=1S/C17H25N3O4/c1-11(2)15(21)18-13-9-17(23-10-13)4-6-20(7-5-17)16(22)14-8-12(3)24-19-14/h8,11,13H,4-7,9-10H2,1-3H3,(H,18,21)/t13-/m0/s1. The van der Waals surface area contributed by atoms with E-state index in [2.05, 4.69) is 10.5 Å². The summed E-state index contributed by atoms with van der Waals surface area (Å²) in [7, 11) is 0. The number of amides is 2. The van der Waals surface area contributed by atoms with Crippen LogP contribution < -0.4 is 5.32 Å². The van der Waals surface area contributed by atoms with Crippen LogP contribution in [0, 0.1) is 12.8 Å². The molecule has 0 saturated carbocycles. The lowest BCUT2D eigenvalue weighted by molar-refractivity contribution is -0.124. The third-order valence-corrected chi connectivity index (χ3v) is 4.89. The van der Waals surface area contributed by atoms with Crippen LogP contribution in [0.25, 0.3) is 0 Å². The SMILES string of the molecule is Cc1cc(C(=O)N2CCC3(CC2)C[C@H](NC(=O)C(C)C)CO3)no1. The van der Waals surface area contributed by atoms with Gasteiger partial charge in [-0.3, -0.25) is 9.59 Å². The molecule has 2 saturated heterocycles. The molecule has 1 N–H and O–H groups in total. The van der Waals surface area contributed by atoms with E-state index in [0.717, 1.165) is 19.3 Å². The molecule has 132 valence electrons. The summed E-state index contributed by atoms with van der Waals surface area (Å²) in [4.78, 5) is 26.0. The molecule has 7 nitrogen and oxygen atoms in total. The minimum absolute atomic E-state index is 0.0214. The highest BCUT2D eigenvalue weighted by Gasteiger charge is 2.44. The third-order valence-electron chi connectivity index (χ3n) is 4.89. The Labute approximate surface area is 141 Å². The first kappa shape index (κ1) is 17.0. The fourth-order valence-corrected chi connectivity index (χ4v) is 3.40. The summed E-state index contributed by atoms with van der Waals surface area (Å²) in [5.41, 5.74) is 0.142. The van der Waals surface area contributed by atoms with Crippen LogP contribution in [-0.4, -0.2) is 53.2 Å². The van der Waals surface area contributed by atoms with Gasteiger partial charge in [-0.1, -0.05) is 19.0 Å². The minimum Gasteiger partial charge on any atom is -0.373 e. The summed E-state index contributed by atoms with van der Waals surface area (Å²) in [5, 5.41) is 6.84. The summed E-state index contributed by atoms with van der Waals surface area (Å²) in [5.74, 6) is 0.584. The summed E-state index contributed by atoms with van der Waals surface area (Å²) in [6, 6.07) is 1.73. The highest BCUT2D eigenvalue weighted by molar-refractivity contribution is 5.92. The fraction of sp³-hybridized carbons (Fsp3) is 0.706. The molecule has 0 aromatic carbocycles. The van der Waals surface area contributed by atoms with Gasteiger partial charge in [-0.05, 0) is 26.2 Å². The maximum Gasteiger partial charge on any atom is 0.276 e.